The van der Waals surface area contributed by atoms with Crippen molar-refractivity contribution in [2.45, 2.75) is 32.2 Å². The van der Waals surface area contributed by atoms with Gasteiger partial charge in [0.1, 0.15) is 18.1 Å². The molecular weight excluding hydrogens is 286 g/mol. The zero-order chi connectivity index (χ0) is 16.1. The average molecular weight is 313 g/mol. The van der Waals surface area contributed by atoms with Crippen LogP contribution in [-0.4, -0.2) is 36.6 Å². The second-order valence-corrected chi connectivity index (χ2v) is 4.41. The van der Waals surface area contributed by atoms with E-state index in [1.165, 1.54) is 0 Å². The fraction of sp³-hybridized carbons (Fsp3) is 0.467. The molecule has 0 unspecified atom stereocenters. The fourth-order valence-corrected chi connectivity index (χ4v) is 1.32. The fourth-order valence-electron chi connectivity index (χ4n) is 1.32. The Hall–Kier alpha value is -1.96. The van der Waals surface area contributed by atoms with Gasteiger partial charge in [0.25, 0.3) is 0 Å². The van der Waals surface area contributed by atoms with Crippen LogP contribution in [0.4, 0.5) is 0 Å². The standard InChI is InChI=1S/C10H12O2.C5H12N2O2.H3N/c1-2-7-12-10-5-3-9(8-11)4-6-10;6-3-1-2-4(7)5(8)9;/h3-6,8H,2,7H2,1H3;4H,1-3,6-7H2,(H,8,9);1H3/t;4-;/m.0./s1. The third-order valence-corrected chi connectivity index (χ3v) is 2.53. The predicted octanol–water partition coefficient (Wildman–Crippen LogP) is 1.59. The Morgan fingerprint density at radius 2 is 1.95 bits per heavy atom. The summed E-state index contributed by atoms with van der Waals surface area (Å²) < 4.78 is 5.34. The number of carboxylic acid groups (broad SMARTS) is 1. The van der Waals surface area contributed by atoms with E-state index in [-0.39, 0.29) is 6.15 Å². The number of carboxylic acids is 1. The first-order valence-corrected chi connectivity index (χ1v) is 6.91. The first-order valence-electron chi connectivity index (χ1n) is 6.91. The molecule has 0 amide bonds. The summed E-state index contributed by atoms with van der Waals surface area (Å²) in [4.78, 5) is 20.3. The lowest BCUT2D eigenvalue weighted by Gasteiger charge is -2.02. The molecule has 1 rings (SSSR count). The van der Waals surface area contributed by atoms with Gasteiger partial charge >= 0.3 is 5.97 Å². The number of hydrogen-bond acceptors (Lipinski definition) is 6. The quantitative estimate of drug-likeness (QED) is 0.532. The van der Waals surface area contributed by atoms with Crippen LogP contribution >= 0.6 is 0 Å². The molecule has 8 N–H and O–H groups in total. The van der Waals surface area contributed by atoms with Gasteiger partial charge in [0.05, 0.1) is 6.61 Å². The van der Waals surface area contributed by atoms with Crippen LogP contribution in [0, 0.1) is 0 Å². The van der Waals surface area contributed by atoms with Crippen LogP contribution in [0.1, 0.15) is 36.5 Å². The second-order valence-electron chi connectivity index (χ2n) is 4.41. The van der Waals surface area contributed by atoms with Gasteiger partial charge in [-0.05, 0) is 50.1 Å². The van der Waals surface area contributed by atoms with E-state index in [0.717, 1.165) is 25.1 Å². The minimum atomic E-state index is -0.955. The molecule has 1 atom stereocenters. The number of aldehydes is 1. The summed E-state index contributed by atoms with van der Waals surface area (Å²) in [5, 5.41) is 8.24. The summed E-state index contributed by atoms with van der Waals surface area (Å²) in [6, 6.07) is 6.36. The van der Waals surface area contributed by atoms with E-state index in [1.807, 2.05) is 0 Å². The van der Waals surface area contributed by atoms with Crippen LogP contribution in [0.3, 0.4) is 0 Å². The van der Waals surface area contributed by atoms with Crippen LogP contribution < -0.4 is 22.4 Å². The summed E-state index contributed by atoms with van der Waals surface area (Å²) in [7, 11) is 0. The minimum Gasteiger partial charge on any atom is -0.494 e. The number of carbonyl (C=O) groups is 2. The van der Waals surface area contributed by atoms with Crippen molar-refractivity contribution in [1.82, 2.24) is 6.15 Å². The normalized spacial score (nSPS) is 10.5. The molecule has 0 aliphatic heterocycles. The van der Waals surface area contributed by atoms with Crippen LogP contribution in [0.25, 0.3) is 0 Å². The van der Waals surface area contributed by atoms with Gasteiger partial charge in [-0.1, -0.05) is 6.92 Å². The van der Waals surface area contributed by atoms with Gasteiger partial charge in [-0.3, -0.25) is 9.59 Å². The lowest BCUT2D eigenvalue weighted by molar-refractivity contribution is -0.138. The lowest BCUT2D eigenvalue weighted by Crippen LogP contribution is -2.30. The zero-order valence-electron chi connectivity index (χ0n) is 13.0. The maximum absolute atomic E-state index is 10.3. The molecule has 1 aromatic carbocycles. The Labute approximate surface area is 131 Å². The molecule has 1 aromatic rings. The Morgan fingerprint density at radius 1 is 1.36 bits per heavy atom. The number of ether oxygens (including phenoxy) is 1. The molecule has 0 aromatic heterocycles. The van der Waals surface area contributed by atoms with E-state index in [0.29, 0.717) is 24.9 Å². The van der Waals surface area contributed by atoms with Crippen LogP contribution in [0.2, 0.25) is 0 Å². The third-order valence-electron chi connectivity index (χ3n) is 2.53. The van der Waals surface area contributed by atoms with E-state index < -0.39 is 12.0 Å². The second kappa shape index (κ2) is 14.0. The molecule has 0 spiro atoms. The van der Waals surface area contributed by atoms with Crippen LogP contribution in [0.15, 0.2) is 24.3 Å². The first-order chi connectivity index (χ1) is 10.0. The van der Waals surface area contributed by atoms with Crippen molar-refractivity contribution in [2.24, 2.45) is 11.5 Å². The van der Waals surface area contributed by atoms with Gasteiger partial charge in [0.15, 0.2) is 0 Å². The van der Waals surface area contributed by atoms with Crippen molar-refractivity contribution in [3.63, 3.8) is 0 Å². The van der Waals surface area contributed by atoms with Crippen molar-refractivity contribution in [1.29, 1.82) is 0 Å². The highest BCUT2D eigenvalue weighted by molar-refractivity contribution is 5.74. The van der Waals surface area contributed by atoms with Gasteiger partial charge in [0, 0.05) is 5.56 Å². The average Bonchev–Trinajstić information content (AvgIpc) is 2.51. The number of nitrogens with two attached hydrogens (primary N) is 2. The summed E-state index contributed by atoms with van der Waals surface area (Å²) in [6.07, 6.45) is 2.96. The molecule has 0 aliphatic carbocycles. The Bertz CT molecular complexity index is 410. The van der Waals surface area contributed by atoms with Crippen molar-refractivity contribution >= 4 is 12.3 Å². The largest absolute Gasteiger partial charge is 0.494 e. The van der Waals surface area contributed by atoms with E-state index >= 15 is 0 Å². The number of aliphatic carboxylic acids is 1. The minimum absolute atomic E-state index is 0. The summed E-state index contributed by atoms with van der Waals surface area (Å²) >= 11 is 0. The SMILES string of the molecule is CCCOc1ccc(C=O)cc1.N.NCCC[C@H](N)C(=O)O. The maximum atomic E-state index is 10.3. The Morgan fingerprint density at radius 3 is 2.36 bits per heavy atom. The lowest BCUT2D eigenvalue weighted by atomic mass is 10.2. The topological polar surface area (TPSA) is 151 Å². The Balaban J connectivity index is 0. The van der Waals surface area contributed by atoms with Crippen molar-refractivity contribution in [3.8, 4) is 5.75 Å². The Kier molecular flexibility index (Phi) is 14.2. The van der Waals surface area contributed by atoms with Gasteiger partial charge in [-0.25, -0.2) is 0 Å². The van der Waals surface area contributed by atoms with Gasteiger partial charge in [-0.15, -0.1) is 0 Å². The highest BCUT2D eigenvalue weighted by Gasteiger charge is 2.08. The molecule has 7 nitrogen and oxygen atoms in total. The molecule has 0 heterocycles. The van der Waals surface area contributed by atoms with E-state index in [1.54, 1.807) is 24.3 Å². The number of hydrogen-bond donors (Lipinski definition) is 4. The molecule has 0 fully saturated rings. The molecule has 0 saturated heterocycles. The number of rotatable bonds is 8. The van der Waals surface area contributed by atoms with Gasteiger partial charge in [0.2, 0.25) is 0 Å². The van der Waals surface area contributed by atoms with E-state index in [4.69, 9.17) is 21.3 Å². The smallest absolute Gasteiger partial charge is 0.320 e. The zero-order valence-corrected chi connectivity index (χ0v) is 13.0. The highest BCUT2D eigenvalue weighted by atomic mass is 16.5. The molecule has 0 aliphatic rings. The number of carbonyl (C=O) groups excluding carboxylic acids is 1. The molecule has 126 valence electrons. The third kappa shape index (κ3) is 10.8. The van der Waals surface area contributed by atoms with Gasteiger partial charge in [-0.2, -0.15) is 0 Å². The molecule has 0 radical (unpaired) electrons. The highest BCUT2D eigenvalue weighted by Crippen LogP contribution is 2.10. The molecule has 22 heavy (non-hydrogen) atoms. The van der Waals surface area contributed by atoms with Gasteiger partial charge < -0.3 is 27.5 Å². The monoisotopic (exact) mass is 313 g/mol. The summed E-state index contributed by atoms with van der Waals surface area (Å²) in [5.74, 6) is -0.133. The molecule has 0 saturated carbocycles. The van der Waals surface area contributed by atoms with E-state index in [2.05, 4.69) is 6.92 Å². The van der Waals surface area contributed by atoms with E-state index in [9.17, 15) is 9.59 Å². The molecule has 0 bridgehead atoms. The summed E-state index contributed by atoms with van der Waals surface area (Å²) in [5.41, 5.74) is 11.0. The number of benzene rings is 1. The van der Waals surface area contributed by atoms with Crippen LogP contribution in [-0.2, 0) is 4.79 Å². The maximum Gasteiger partial charge on any atom is 0.320 e. The first kappa shape index (κ1) is 22.3. The molecular formula is C15H27N3O4. The predicted molar refractivity (Wildman–Crippen MR) is 86.5 cm³/mol. The van der Waals surface area contributed by atoms with Crippen molar-refractivity contribution < 1.29 is 19.4 Å². The summed E-state index contributed by atoms with van der Waals surface area (Å²) in [6.45, 7) is 3.28. The molecule has 7 heteroatoms. The van der Waals surface area contributed by atoms with Crippen molar-refractivity contribution in [2.75, 3.05) is 13.2 Å². The van der Waals surface area contributed by atoms with Crippen molar-refractivity contribution in [3.05, 3.63) is 29.8 Å². The van der Waals surface area contributed by atoms with Crippen LogP contribution in [0.5, 0.6) is 5.75 Å².